The molecule has 0 rings (SSSR count). The van der Waals surface area contributed by atoms with E-state index in [9.17, 15) is 29.1 Å². The third kappa shape index (κ3) is 14.0. The smallest absolute Gasteiger partial charge is 0.326 e. The van der Waals surface area contributed by atoms with Crippen LogP contribution >= 0.6 is 0 Å². The molecular formula is C23H43N7O7. The second-order valence-electron chi connectivity index (χ2n) is 9.45. The molecule has 0 spiro atoms. The molecule has 0 fully saturated rings. The van der Waals surface area contributed by atoms with Gasteiger partial charge in [-0.15, -0.1) is 0 Å². The number of rotatable bonds is 18. The number of hydrogen-bond acceptors (Lipinski definition) is 7. The van der Waals surface area contributed by atoms with E-state index in [4.69, 9.17) is 22.3 Å². The Morgan fingerprint density at radius 2 is 1.46 bits per heavy atom. The molecule has 3 amide bonds. The first-order valence-electron chi connectivity index (χ1n) is 12.4. The van der Waals surface area contributed by atoms with Crippen LogP contribution in [0.25, 0.3) is 0 Å². The Balaban J connectivity index is 5.53. The quantitative estimate of drug-likeness (QED) is 0.0601. The first-order valence-corrected chi connectivity index (χ1v) is 12.4. The van der Waals surface area contributed by atoms with Gasteiger partial charge in [0.25, 0.3) is 0 Å². The van der Waals surface area contributed by atoms with Crippen molar-refractivity contribution in [2.24, 2.45) is 34.0 Å². The summed E-state index contributed by atoms with van der Waals surface area (Å²) in [5.74, 6) is -5.00. The number of hydrogen-bond donors (Lipinski definition) is 8. The van der Waals surface area contributed by atoms with Gasteiger partial charge in [0.1, 0.15) is 18.1 Å². The van der Waals surface area contributed by atoms with Crippen LogP contribution in [-0.2, 0) is 24.0 Å². The van der Waals surface area contributed by atoms with Gasteiger partial charge >= 0.3 is 11.9 Å². The van der Waals surface area contributed by atoms with Crippen molar-refractivity contribution in [1.82, 2.24) is 16.0 Å². The molecule has 0 aliphatic carbocycles. The second kappa shape index (κ2) is 17.1. The van der Waals surface area contributed by atoms with E-state index < -0.39 is 60.2 Å². The molecule has 0 aliphatic heterocycles. The van der Waals surface area contributed by atoms with E-state index in [0.717, 1.165) is 0 Å². The minimum Gasteiger partial charge on any atom is -0.481 e. The Labute approximate surface area is 217 Å². The van der Waals surface area contributed by atoms with E-state index in [1.165, 1.54) is 0 Å². The zero-order valence-corrected chi connectivity index (χ0v) is 22.0. The third-order valence-electron chi connectivity index (χ3n) is 5.70. The molecule has 0 saturated carbocycles. The fourth-order valence-corrected chi connectivity index (χ4v) is 3.38. The number of carbonyl (C=O) groups excluding carboxylic acids is 3. The van der Waals surface area contributed by atoms with Crippen LogP contribution in [0.15, 0.2) is 4.99 Å². The molecule has 5 unspecified atom stereocenters. The van der Waals surface area contributed by atoms with E-state index in [-0.39, 0.29) is 43.6 Å². The number of amides is 3. The number of nitrogens with zero attached hydrogens (tertiary/aromatic N) is 1. The molecule has 212 valence electrons. The maximum absolute atomic E-state index is 13.1. The Hall–Kier alpha value is -3.42. The maximum Gasteiger partial charge on any atom is 0.326 e. The van der Waals surface area contributed by atoms with Gasteiger partial charge < -0.3 is 43.4 Å². The SMILES string of the molecule is CCC(C)C(NC(=O)C(CCC(=O)O)NC(=O)C(N)CCCN=C(N)N)C(=O)NC(CC(C)C)C(=O)O. The maximum atomic E-state index is 13.1. The van der Waals surface area contributed by atoms with Gasteiger partial charge in [0.2, 0.25) is 17.7 Å². The fourth-order valence-electron chi connectivity index (χ4n) is 3.38. The predicted molar refractivity (Wildman–Crippen MR) is 137 cm³/mol. The molecular weight excluding hydrogens is 486 g/mol. The molecule has 0 aromatic heterocycles. The van der Waals surface area contributed by atoms with E-state index in [1.807, 2.05) is 13.8 Å². The average molecular weight is 530 g/mol. The van der Waals surface area contributed by atoms with Gasteiger partial charge in [-0.1, -0.05) is 34.1 Å². The topological polar surface area (TPSA) is 252 Å². The number of nitrogens with one attached hydrogen (secondary N) is 3. The monoisotopic (exact) mass is 529 g/mol. The first kappa shape index (κ1) is 33.6. The molecule has 14 heteroatoms. The molecule has 0 saturated heterocycles. The van der Waals surface area contributed by atoms with Crippen LogP contribution in [0, 0.1) is 11.8 Å². The Bertz CT molecular complexity index is 815. The Morgan fingerprint density at radius 1 is 0.865 bits per heavy atom. The highest BCUT2D eigenvalue weighted by atomic mass is 16.4. The van der Waals surface area contributed by atoms with Crippen molar-refractivity contribution in [2.75, 3.05) is 6.54 Å². The van der Waals surface area contributed by atoms with Gasteiger partial charge in [-0.05, 0) is 37.5 Å². The molecule has 5 atom stereocenters. The Kier molecular flexibility index (Phi) is 15.5. The summed E-state index contributed by atoms with van der Waals surface area (Å²) >= 11 is 0. The van der Waals surface area contributed by atoms with Crippen molar-refractivity contribution in [3.05, 3.63) is 0 Å². The fraction of sp³-hybridized carbons (Fsp3) is 0.739. The number of aliphatic carboxylic acids is 2. The highest BCUT2D eigenvalue weighted by molar-refractivity contribution is 5.94. The molecule has 0 bridgehead atoms. The highest BCUT2D eigenvalue weighted by Crippen LogP contribution is 2.12. The summed E-state index contributed by atoms with van der Waals surface area (Å²) in [6, 6.07) is -4.53. The largest absolute Gasteiger partial charge is 0.481 e. The molecule has 37 heavy (non-hydrogen) atoms. The third-order valence-corrected chi connectivity index (χ3v) is 5.70. The highest BCUT2D eigenvalue weighted by Gasteiger charge is 2.33. The lowest BCUT2D eigenvalue weighted by Crippen LogP contribution is -2.58. The zero-order valence-electron chi connectivity index (χ0n) is 22.0. The van der Waals surface area contributed by atoms with Crippen LogP contribution in [0.4, 0.5) is 0 Å². The van der Waals surface area contributed by atoms with Crippen molar-refractivity contribution in [3.8, 4) is 0 Å². The van der Waals surface area contributed by atoms with Gasteiger partial charge in [0.15, 0.2) is 5.96 Å². The van der Waals surface area contributed by atoms with Gasteiger partial charge in [0, 0.05) is 13.0 Å². The van der Waals surface area contributed by atoms with E-state index in [2.05, 4.69) is 20.9 Å². The summed E-state index contributed by atoms with van der Waals surface area (Å²) in [5, 5.41) is 26.0. The lowest BCUT2D eigenvalue weighted by molar-refractivity contribution is -0.143. The minimum absolute atomic E-state index is 0.00248. The summed E-state index contributed by atoms with van der Waals surface area (Å²) in [5.41, 5.74) is 16.4. The lowest BCUT2D eigenvalue weighted by Gasteiger charge is -2.28. The zero-order chi connectivity index (χ0) is 28.7. The molecule has 11 N–H and O–H groups in total. The van der Waals surface area contributed by atoms with Crippen molar-refractivity contribution < 1.29 is 34.2 Å². The molecule has 0 aliphatic rings. The number of aliphatic imine (C=N–C) groups is 1. The number of carboxylic acids is 2. The average Bonchev–Trinajstić information content (AvgIpc) is 2.80. The van der Waals surface area contributed by atoms with Crippen molar-refractivity contribution in [2.45, 2.75) is 90.4 Å². The van der Waals surface area contributed by atoms with Crippen LogP contribution < -0.4 is 33.2 Å². The number of nitrogens with two attached hydrogens (primary N) is 3. The number of guanidine groups is 1. The van der Waals surface area contributed by atoms with E-state index in [0.29, 0.717) is 12.8 Å². The molecule has 0 radical (unpaired) electrons. The summed E-state index contributed by atoms with van der Waals surface area (Å²) in [7, 11) is 0. The van der Waals surface area contributed by atoms with Gasteiger partial charge in [-0.3, -0.25) is 24.2 Å². The minimum atomic E-state index is -1.28. The van der Waals surface area contributed by atoms with Crippen LogP contribution in [-0.4, -0.2) is 76.5 Å². The molecule has 14 nitrogen and oxygen atoms in total. The number of carbonyl (C=O) groups is 5. The van der Waals surface area contributed by atoms with E-state index in [1.54, 1.807) is 13.8 Å². The van der Waals surface area contributed by atoms with E-state index >= 15 is 0 Å². The molecule has 0 aromatic carbocycles. The number of carboxylic acid groups (broad SMARTS) is 2. The lowest BCUT2D eigenvalue weighted by atomic mass is 9.96. The van der Waals surface area contributed by atoms with Crippen LogP contribution in [0.2, 0.25) is 0 Å². The van der Waals surface area contributed by atoms with Gasteiger partial charge in [-0.25, -0.2) is 4.79 Å². The summed E-state index contributed by atoms with van der Waals surface area (Å²) < 4.78 is 0. The molecule has 0 aromatic rings. The van der Waals surface area contributed by atoms with Gasteiger partial charge in [-0.2, -0.15) is 0 Å². The van der Waals surface area contributed by atoms with Crippen molar-refractivity contribution in [3.63, 3.8) is 0 Å². The predicted octanol–water partition coefficient (Wildman–Crippen LogP) is -1.14. The normalized spacial score (nSPS) is 15.0. The summed E-state index contributed by atoms with van der Waals surface area (Å²) in [6.07, 6.45) is 0.616. The second-order valence-corrected chi connectivity index (χ2v) is 9.45. The van der Waals surface area contributed by atoms with Crippen LogP contribution in [0.1, 0.15) is 66.2 Å². The standard InChI is InChI=1S/C23H43N7O7/c1-5-13(4)18(21(35)29-16(22(36)37)11-12(2)3)30-20(34)15(8-9-17(31)32)28-19(33)14(24)7-6-10-27-23(25)26/h12-16,18H,5-11,24H2,1-4H3,(H,28,33)(H,29,35)(H,30,34)(H,31,32)(H,36,37)(H4,25,26,27). The Morgan fingerprint density at radius 3 is 1.95 bits per heavy atom. The van der Waals surface area contributed by atoms with Crippen LogP contribution in [0.5, 0.6) is 0 Å². The van der Waals surface area contributed by atoms with Gasteiger partial charge in [0.05, 0.1) is 6.04 Å². The van der Waals surface area contributed by atoms with Crippen LogP contribution in [0.3, 0.4) is 0 Å². The summed E-state index contributed by atoms with van der Waals surface area (Å²) in [4.78, 5) is 65.1. The molecule has 0 heterocycles. The summed E-state index contributed by atoms with van der Waals surface area (Å²) in [6.45, 7) is 7.39. The van der Waals surface area contributed by atoms with Crippen molar-refractivity contribution in [1.29, 1.82) is 0 Å². The first-order chi connectivity index (χ1) is 17.2. The van der Waals surface area contributed by atoms with Crippen molar-refractivity contribution >= 4 is 35.6 Å².